The summed E-state index contributed by atoms with van der Waals surface area (Å²) >= 11 is 0. The molecule has 0 amide bonds. The number of rotatable bonds is 22. The number of aliphatic carboxylic acids is 3. The molecular formula is C27H50NO6+. The molecule has 3 N–H and O–H groups in total. The Kier molecular flexibility index (Phi) is 17.4. The summed E-state index contributed by atoms with van der Waals surface area (Å²) in [4.78, 5) is 35.3. The number of allylic oxidation sites excluding steroid dienone is 2. The van der Waals surface area contributed by atoms with Crippen LogP contribution in [0.2, 0.25) is 0 Å². The second kappa shape index (κ2) is 18.4. The minimum absolute atomic E-state index is 0.211. The van der Waals surface area contributed by atoms with Crippen LogP contribution in [0.3, 0.4) is 0 Å². The number of unbranched alkanes of at least 4 members (excludes halogenated alkanes) is 12. The number of carboxylic acids is 3. The molecule has 3 atom stereocenters. The van der Waals surface area contributed by atoms with Crippen molar-refractivity contribution in [2.45, 2.75) is 136 Å². The van der Waals surface area contributed by atoms with Crippen molar-refractivity contribution in [1.29, 1.82) is 0 Å². The van der Waals surface area contributed by atoms with Crippen LogP contribution >= 0.6 is 0 Å². The molecule has 7 nitrogen and oxygen atoms in total. The Labute approximate surface area is 206 Å². The Morgan fingerprint density at radius 3 is 1.26 bits per heavy atom. The normalized spacial score (nSPS) is 16.1. The molecule has 198 valence electrons. The van der Waals surface area contributed by atoms with Gasteiger partial charge < -0.3 is 15.3 Å². The lowest BCUT2D eigenvalue weighted by Crippen LogP contribution is -2.70. The number of carbonyl (C=O) groups is 3. The fraction of sp³-hybridized carbons (Fsp3) is 0.815. The topological polar surface area (TPSA) is 112 Å². The lowest BCUT2D eigenvalue weighted by atomic mass is 10.00. The molecule has 0 saturated carbocycles. The third-order valence-electron chi connectivity index (χ3n) is 7.29. The SMILES string of the molecule is CCCCCCCCCC/C=C/CCCCCC[N+](C(C)C(=O)O)(C(C)C(=O)O)C(C)C(=O)O. The van der Waals surface area contributed by atoms with Crippen molar-refractivity contribution in [3.05, 3.63) is 12.2 Å². The standard InChI is InChI=1S/C27H49NO6/c1-5-6-7-8-9-10-11-12-13-14-15-16-17-18-19-20-21-28(22(2)25(29)30,23(3)26(31)32)24(4)27(33)34/h14-15,22-24H,5-13,16-21H2,1-4H3,(H2-,29,30,31,32,33,34)/p+1/b15-14+. The highest BCUT2D eigenvalue weighted by Gasteiger charge is 2.52. The Bertz CT molecular complexity index is 568. The second-order valence-corrected chi connectivity index (χ2v) is 9.70. The van der Waals surface area contributed by atoms with Crippen molar-refractivity contribution < 1.29 is 34.2 Å². The molecule has 0 aromatic rings. The first-order valence-electron chi connectivity index (χ1n) is 13.3. The van der Waals surface area contributed by atoms with E-state index in [1.54, 1.807) is 0 Å². The highest BCUT2D eigenvalue weighted by molar-refractivity contribution is 5.77. The summed E-state index contributed by atoms with van der Waals surface area (Å²) < 4.78 is -0.488. The number of hydrogen-bond donors (Lipinski definition) is 3. The summed E-state index contributed by atoms with van der Waals surface area (Å²) in [6.45, 7) is 6.70. The Balaban J connectivity index is 4.40. The van der Waals surface area contributed by atoms with E-state index < -0.39 is 40.5 Å². The largest absolute Gasteiger partial charge is 0.477 e. The average Bonchev–Trinajstić information content (AvgIpc) is 2.80. The van der Waals surface area contributed by atoms with Crippen LogP contribution in [-0.2, 0) is 14.4 Å². The third kappa shape index (κ3) is 11.5. The van der Waals surface area contributed by atoms with Crippen LogP contribution in [0.4, 0.5) is 0 Å². The summed E-state index contributed by atoms with van der Waals surface area (Å²) in [6, 6.07) is -3.38. The van der Waals surface area contributed by atoms with Crippen LogP contribution in [0.1, 0.15) is 118 Å². The van der Waals surface area contributed by atoms with Gasteiger partial charge >= 0.3 is 17.9 Å². The maximum Gasteiger partial charge on any atom is 0.362 e. The molecule has 0 aliphatic carbocycles. The molecule has 3 unspecified atom stereocenters. The van der Waals surface area contributed by atoms with Gasteiger partial charge in [0.25, 0.3) is 0 Å². The molecule has 0 aliphatic heterocycles. The zero-order valence-corrected chi connectivity index (χ0v) is 22.0. The van der Waals surface area contributed by atoms with Gasteiger partial charge in [-0.2, -0.15) is 0 Å². The minimum atomic E-state index is -1.18. The monoisotopic (exact) mass is 484 g/mol. The smallest absolute Gasteiger partial charge is 0.362 e. The van der Waals surface area contributed by atoms with Crippen molar-refractivity contribution in [2.75, 3.05) is 6.54 Å². The minimum Gasteiger partial charge on any atom is -0.477 e. The summed E-state index contributed by atoms with van der Waals surface area (Å²) in [5.74, 6) is -3.53. The van der Waals surface area contributed by atoms with Crippen LogP contribution in [0.15, 0.2) is 12.2 Å². The van der Waals surface area contributed by atoms with Gasteiger partial charge in [0.05, 0.1) is 6.54 Å². The molecule has 34 heavy (non-hydrogen) atoms. The van der Waals surface area contributed by atoms with Gasteiger partial charge in [0.1, 0.15) is 0 Å². The van der Waals surface area contributed by atoms with Crippen molar-refractivity contribution in [2.24, 2.45) is 0 Å². The maximum atomic E-state index is 11.8. The van der Waals surface area contributed by atoms with E-state index in [0.717, 1.165) is 32.1 Å². The predicted molar refractivity (Wildman–Crippen MR) is 136 cm³/mol. The first-order chi connectivity index (χ1) is 16.1. The fourth-order valence-corrected chi connectivity index (χ4v) is 4.84. The molecule has 0 fully saturated rings. The number of carboxylic acid groups (broad SMARTS) is 3. The first-order valence-corrected chi connectivity index (χ1v) is 13.3. The zero-order chi connectivity index (χ0) is 26.0. The van der Waals surface area contributed by atoms with E-state index in [9.17, 15) is 29.7 Å². The predicted octanol–water partition coefficient (Wildman–Crippen LogP) is 6.26. The Morgan fingerprint density at radius 2 is 0.912 bits per heavy atom. The van der Waals surface area contributed by atoms with Crippen molar-refractivity contribution in [3.8, 4) is 0 Å². The van der Waals surface area contributed by atoms with E-state index in [-0.39, 0.29) is 6.54 Å². The summed E-state index contributed by atoms with van der Waals surface area (Å²) in [5, 5.41) is 28.8. The number of nitrogens with zero attached hydrogens (tertiary/aromatic N) is 1. The van der Waals surface area contributed by atoms with Crippen LogP contribution in [0.25, 0.3) is 0 Å². The highest BCUT2D eigenvalue weighted by atomic mass is 16.4. The van der Waals surface area contributed by atoms with Gasteiger partial charge in [-0.1, -0.05) is 70.4 Å². The van der Waals surface area contributed by atoms with E-state index in [1.165, 1.54) is 72.1 Å². The van der Waals surface area contributed by atoms with Gasteiger partial charge in [0.15, 0.2) is 18.1 Å². The molecule has 0 rings (SSSR count). The lowest BCUT2D eigenvalue weighted by molar-refractivity contribution is -0.968. The second-order valence-electron chi connectivity index (χ2n) is 9.70. The molecule has 0 aromatic heterocycles. The quantitative estimate of drug-likeness (QED) is 0.0950. The molecule has 0 aromatic carbocycles. The van der Waals surface area contributed by atoms with Crippen molar-refractivity contribution in [1.82, 2.24) is 0 Å². The van der Waals surface area contributed by atoms with Gasteiger partial charge in [-0.3, -0.25) is 4.48 Å². The lowest BCUT2D eigenvalue weighted by Gasteiger charge is -2.47. The van der Waals surface area contributed by atoms with Gasteiger partial charge in [0.2, 0.25) is 0 Å². The molecule has 0 heterocycles. The summed E-state index contributed by atoms with van der Waals surface area (Å²) in [5.41, 5.74) is 0. The Morgan fingerprint density at radius 1 is 0.588 bits per heavy atom. The average molecular weight is 485 g/mol. The van der Waals surface area contributed by atoms with Crippen LogP contribution in [0, 0.1) is 0 Å². The van der Waals surface area contributed by atoms with E-state index in [2.05, 4.69) is 19.1 Å². The van der Waals surface area contributed by atoms with Crippen molar-refractivity contribution >= 4 is 17.9 Å². The van der Waals surface area contributed by atoms with Crippen LogP contribution < -0.4 is 0 Å². The van der Waals surface area contributed by atoms with Crippen LogP contribution in [0.5, 0.6) is 0 Å². The molecule has 0 aliphatic rings. The highest BCUT2D eigenvalue weighted by Crippen LogP contribution is 2.27. The summed E-state index contributed by atoms with van der Waals surface area (Å²) in [6.07, 6.45) is 20.6. The number of quaternary nitrogens is 1. The zero-order valence-electron chi connectivity index (χ0n) is 22.0. The third-order valence-corrected chi connectivity index (χ3v) is 7.29. The number of hydrogen-bond acceptors (Lipinski definition) is 3. The van der Waals surface area contributed by atoms with E-state index in [4.69, 9.17) is 0 Å². The summed E-state index contributed by atoms with van der Waals surface area (Å²) in [7, 11) is 0. The molecule has 7 heteroatoms. The van der Waals surface area contributed by atoms with Gasteiger partial charge in [-0.25, -0.2) is 14.4 Å². The fourth-order valence-electron chi connectivity index (χ4n) is 4.84. The van der Waals surface area contributed by atoms with Gasteiger partial charge in [-0.05, 0) is 59.3 Å². The molecule has 0 saturated heterocycles. The van der Waals surface area contributed by atoms with Crippen LogP contribution in [-0.4, -0.2) is 62.4 Å². The Hall–Kier alpha value is -1.89. The van der Waals surface area contributed by atoms with Gasteiger partial charge in [-0.15, -0.1) is 0 Å². The van der Waals surface area contributed by atoms with E-state index in [0.29, 0.717) is 6.42 Å². The molecule has 0 spiro atoms. The van der Waals surface area contributed by atoms with Crippen molar-refractivity contribution in [3.63, 3.8) is 0 Å². The molecule has 0 radical (unpaired) electrons. The molecule has 0 bridgehead atoms. The van der Waals surface area contributed by atoms with E-state index in [1.807, 2.05) is 0 Å². The maximum absolute atomic E-state index is 11.8. The van der Waals surface area contributed by atoms with E-state index >= 15 is 0 Å². The first kappa shape index (κ1) is 32.1. The molecular weight excluding hydrogens is 434 g/mol. The van der Waals surface area contributed by atoms with Gasteiger partial charge in [0, 0.05) is 0 Å².